The van der Waals surface area contributed by atoms with Crippen molar-refractivity contribution in [3.63, 3.8) is 0 Å². The van der Waals surface area contributed by atoms with Crippen molar-refractivity contribution in [1.82, 2.24) is 4.90 Å². The maximum atomic E-state index is 11.6. The molecule has 2 saturated heterocycles. The number of nitrogens with zero attached hydrogens (tertiary/aromatic N) is 1. The predicted octanol–water partition coefficient (Wildman–Crippen LogP) is 2.39. The lowest BCUT2D eigenvalue weighted by molar-refractivity contribution is -0.159. The van der Waals surface area contributed by atoms with E-state index in [0.29, 0.717) is 17.7 Å². The number of aromatic hydroxyl groups is 1. The van der Waals surface area contributed by atoms with E-state index in [0.717, 1.165) is 25.7 Å². The average Bonchev–Trinajstić information content (AvgIpc) is 2.51. The van der Waals surface area contributed by atoms with Crippen LogP contribution in [0.3, 0.4) is 0 Å². The van der Waals surface area contributed by atoms with Crippen LogP contribution in [0.15, 0.2) is 18.2 Å². The number of benzene rings is 1. The van der Waals surface area contributed by atoms with Crippen LogP contribution in [0.5, 0.6) is 5.75 Å². The Morgan fingerprint density at radius 2 is 2.18 bits per heavy atom. The zero-order valence-corrected chi connectivity index (χ0v) is 13.1. The second kappa shape index (κ2) is 4.48. The van der Waals surface area contributed by atoms with Gasteiger partial charge < -0.3 is 10.2 Å². The number of phenols is 1. The van der Waals surface area contributed by atoms with Crippen LogP contribution in [-0.4, -0.2) is 40.2 Å². The topological polar surface area (TPSA) is 60.8 Å². The third-order valence-electron chi connectivity index (χ3n) is 6.77. The Balaban J connectivity index is 1.87. The van der Waals surface area contributed by atoms with E-state index in [-0.39, 0.29) is 17.4 Å². The molecule has 118 valence electrons. The van der Waals surface area contributed by atoms with Gasteiger partial charge in [0.15, 0.2) is 0 Å². The van der Waals surface area contributed by atoms with E-state index in [1.54, 1.807) is 6.07 Å². The van der Waals surface area contributed by atoms with Gasteiger partial charge >= 0.3 is 5.97 Å². The fourth-order valence-electron chi connectivity index (χ4n) is 5.70. The smallest absolute Gasteiger partial charge is 0.308 e. The Hall–Kier alpha value is -1.55. The summed E-state index contributed by atoms with van der Waals surface area (Å²) >= 11 is 0. The Bertz CT molecular complexity index is 643. The molecule has 5 rings (SSSR count). The SMILES string of the molecule is CC[C@@]12CC3C(C(=O)O)CC1C(Cc1ccc(O)cc12)N3C. The van der Waals surface area contributed by atoms with Gasteiger partial charge in [0, 0.05) is 17.5 Å². The lowest BCUT2D eigenvalue weighted by atomic mass is 9.48. The zero-order chi connectivity index (χ0) is 15.6. The maximum absolute atomic E-state index is 11.6. The fourth-order valence-corrected chi connectivity index (χ4v) is 5.70. The van der Waals surface area contributed by atoms with Crippen molar-refractivity contribution < 1.29 is 15.0 Å². The highest BCUT2D eigenvalue weighted by molar-refractivity contribution is 5.72. The van der Waals surface area contributed by atoms with Gasteiger partial charge in [-0.1, -0.05) is 13.0 Å². The largest absolute Gasteiger partial charge is 0.508 e. The number of aliphatic carboxylic acids is 1. The molecule has 22 heavy (non-hydrogen) atoms. The summed E-state index contributed by atoms with van der Waals surface area (Å²) in [7, 11) is 2.10. The first-order valence-electron chi connectivity index (χ1n) is 8.25. The van der Waals surface area contributed by atoms with Crippen LogP contribution in [0.4, 0.5) is 0 Å². The molecule has 0 radical (unpaired) electrons. The van der Waals surface area contributed by atoms with Gasteiger partial charge in [-0.25, -0.2) is 0 Å². The Kier molecular flexibility index (Phi) is 2.86. The van der Waals surface area contributed by atoms with Crippen LogP contribution in [-0.2, 0) is 16.6 Å². The lowest BCUT2D eigenvalue weighted by Gasteiger charge is -2.64. The molecule has 5 atom stereocenters. The fraction of sp³-hybridized carbons (Fsp3) is 0.611. The first kappa shape index (κ1) is 14.1. The standard InChI is InChI=1S/C18H23NO3/c1-3-18-9-16-12(17(21)22)8-14(18)15(19(16)2)6-10-4-5-11(20)7-13(10)18/h4-5,7,12,14-16,20H,3,6,8-9H2,1-2H3,(H,21,22)/t12?,14?,15?,16?,18-/m0/s1. The number of fused-ring (bicyclic) bond motifs is 2. The van der Waals surface area contributed by atoms with Crippen LogP contribution in [0.1, 0.15) is 37.3 Å². The molecule has 1 aromatic rings. The second-order valence-corrected chi connectivity index (χ2v) is 7.35. The molecule has 2 heterocycles. The molecule has 0 amide bonds. The van der Waals surface area contributed by atoms with E-state index in [1.165, 1.54) is 11.1 Å². The average molecular weight is 301 g/mol. The Morgan fingerprint density at radius 3 is 2.86 bits per heavy atom. The minimum atomic E-state index is -0.651. The molecule has 4 aliphatic rings. The molecule has 2 aliphatic carbocycles. The summed E-state index contributed by atoms with van der Waals surface area (Å²) in [5.74, 6) is -0.191. The summed E-state index contributed by atoms with van der Waals surface area (Å²) in [6.45, 7) is 2.21. The number of carboxylic acids is 1. The molecule has 0 aromatic heterocycles. The summed E-state index contributed by atoms with van der Waals surface area (Å²) in [6, 6.07) is 6.32. The summed E-state index contributed by atoms with van der Waals surface area (Å²) in [6.07, 6.45) is 3.66. The predicted molar refractivity (Wildman–Crippen MR) is 83.0 cm³/mol. The van der Waals surface area contributed by atoms with E-state index in [1.807, 2.05) is 6.07 Å². The van der Waals surface area contributed by atoms with Gasteiger partial charge in [-0.05, 0) is 61.9 Å². The number of carboxylic acid groups (broad SMARTS) is 1. The molecule has 4 bridgehead atoms. The van der Waals surface area contributed by atoms with E-state index < -0.39 is 5.97 Å². The normalized spacial score (nSPS) is 39.5. The van der Waals surface area contributed by atoms with E-state index in [2.05, 4.69) is 24.9 Å². The van der Waals surface area contributed by atoms with Crippen molar-refractivity contribution in [3.05, 3.63) is 29.3 Å². The first-order valence-corrected chi connectivity index (χ1v) is 8.25. The minimum absolute atomic E-state index is 0.0418. The van der Waals surface area contributed by atoms with E-state index in [4.69, 9.17) is 0 Å². The van der Waals surface area contributed by atoms with Gasteiger partial charge in [-0.15, -0.1) is 0 Å². The number of carbonyl (C=O) groups is 1. The molecular weight excluding hydrogens is 278 g/mol. The van der Waals surface area contributed by atoms with E-state index >= 15 is 0 Å². The van der Waals surface area contributed by atoms with Crippen molar-refractivity contribution in [3.8, 4) is 5.75 Å². The molecular formula is C18H23NO3. The van der Waals surface area contributed by atoms with Crippen molar-refractivity contribution in [2.45, 2.75) is 50.1 Å². The van der Waals surface area contributed by atoms with Gasteiger partial charge in [0.2, 0.25) is 0 Å². The molecule has 2 aliphatic heterocycles. The highest BCUT2D eigenvalue weighted by Crippen LogP contribution is 2.59. The van der Waals surface area contributed by atoms with Crippen LogP contribution in [0.25, 0.3) is 0 Å². The van der Waals surface area contributed by atoms with Crippen molar-refractivity contribution in [2.24, 2.45) is 11.8 Å². The van der Waals surface area contributed by atoms with Gasteiger partial charge in [0.25, 0.3) is 0 Å². The van der Waals surface area contributed by atoms with Crippen LogP contribution >= 0.6 is 0 Å². The zero-order valence-electron chi connectivity index (χ0n) is 13.1. The quantitative estimate of drug-likeness (QED) is 0.880. The Labute approximate surface area is 130 Å². The highest BCUT2D eigenvalue weighted by Gasteiger charge is 2.61. The van der Waals surface area contributed by atoms with Crippen molar-refractivity contribution in [2.75, 3.05) is 7.05 Å². The number of hydrogen-bond acceptors (Lipinski definition) is 3. The number of piperidine rings is 2. The van der Waals surface area contributed by atoms with Gasteiger partial charge in [0.05, 0.1) is 5.92 Å². The van der Waals surface area contributed by atoms with Crippen molar-refractivity contribution in [1.29, 1.82) is 0 Å². The molecule has 1 saturated carbocycles. The number of hydrogen-bond donors (Lipinski definition) is 2. The van der Waals surface area contributed by atoms with Crippen LogP contribution in [0.2, 0.25) is 0 Å². The first-order chi connectivity index (χ1) is 10.5. The summed E-state index contributed by atoms with van der Waals surface area (Å²) in [4.78, 5) is 14.0. The third-order valence-corrected chi connectivity index (χ3v) is 6.77. The number of likely N-dealkylation sites (N-methyl/N-ethyl adjacent to an activating group) is 1. The van der Waals surface area contributed by atoms with Crippen molar-refractivity contribution >= 4 is 5.97 Å². The minimum Gasteiger partial charge on any atom is -0.508 e. The summed E-state index contributed by atoms with van der Waals surface area (Å²) < 4.78 is 0. The van der Waals surface area contributed by atoms with Gasteiger partial charge in [-0.2, -0.15) is 0 Å². The second-order valence-electron chi connectivity index (χ2n) is 7.35. The van der Waals surface area contributed by atoms with E-state index in [9.17, 15) is 15.0 Å². The summed E-state index contributed by atoms with van der Waals surface area (Å²) in [5, 5.41) is 19.5. The van der Waals surface area contributed by atoms with Gasteiger partial charge in [-0.3, -0.25) is 9.69 Å². The number of phenolic OH excluding ortho intramolecular Hbond substituents is 1. The van der Waals surface area contributed by atoms with Gasteiger partial charge in [0.1, 0.15) is 5.75 Å². The molecule has 4 nitrogen and oxygen atoms in total. The molecule has 4 unspecified atom stereocenters. The third kappa shape index (κ3) is 1.59. The molecule has 2 N–H and O–H groups in total. The molecule has 0 spiro atoms. The highest BCUT2D eigenvalue weighted by atomic mass is 16.4. The maximum Gasteiger partial charge on any atom is 0.308 e. The molecule has 3 fully saturated rings. The monoisotopic (exact) mass is 301 g/mol. The van der Waals surface area contributed by atoms with Crippen LogP contribution < -0.4 is 0 Å². The lowest BCUT2D eigenvalue weighted by Crippen LogP contribution is -2.69. The number of rotatable bonds is 2. The summed E-state index contributed by atoms with van der Waals surface area (Å²) in [5.41, 5.74) is 2.65. The Morgan fingerprint density at radius 1 is 1.41 bits per heavy atom. The molecule has 1 aromatic carbocycles. The van der Waals surface area contributed by atoms with Crippen LogP contribution in [0, 0.1) is 11.8 Å². The molecule has 4 heteroatoms.